The predicted octanol–water partition coefficient (Wildman–Crippen LogP) is 3.59. The fourth-order valence-electron chi connectivity index (χ4n) is 2.00. The minimum absolute atomic E-state index is 0.144. The van der Waals surface area contributed by atoms with Crippen molar-refractivity contribution in [2.24, 2.45) is 5.92 Å². The molecule has 0 radical (unpaired) electrons. The van der Waals surface area contributed by atoms with Gasteiger partial charge in [-0.2, -0.15) is 0 Å². The largest absolute Gasteiger partial charge is 0.382 e. The highest BCUT2D eigenvalue weighted by Gasteiger charge is 2.24. The zero-order chi connectivity index (χ0) is 12.3. The number of hydrogen-bond acceptors (Lipinski definition) is 3. The normalized spacial score (nSPS) is 16.5. The summed E-state index contributed by atoms with van der Waals surface area (Å²) in [6, 6.07) is 7.16. The molecule has 2 rings (SSSR count). The van der Waals surface area contributed by atoms with Gasteiger partial charge in [-0.3, -0.25) is 10.1 Å². The topological polar surface area (TPSA) is 55.2 Å². The smallest absolute Gasteiger partial charge is 0.269 e. The number of nitrogens with zero attached hydrogens (tertiary/aromatic N) is 1. The summed E-state index contributed by atoms with van der Waals surface area (Å²) in [6.07, 6.45) is 5.03. The van der Waals surface area contributed by atoms with Crippen LogP contribution in [-0.2, 0) is 0 Å². The van der Waals surface area contributed by atoms with Gasteiger partial charge in [0.05, 0.1) is 4.92 Å². The molecule has 17 heavy (non-hydrogen) atoms. The molecule has 0 spiro atoms. The third kappa shape index (κ3) is 3.44. The second-order valence-electron chi connectivity index (χ2n) is 4.73. The summed E-state index contributed by atoms with van der Waals surface area (Å²) >= 11 is 0. The summed E-state index contributed by atoms with van der Waals surface area (Å²) in [6.45, 7) is 2.17. The van der Waals surface area contributed by atoms with E-state index in [4.69, 9.17) is 0 Å². The van der Waals surface area contributed by atoms with Crippen molar-refractivity contribution in [2.45, 2.75) is 38.6 Å². The van der Waals surface area contributed by atoms with Crippen molar-refractivity contribution in [1.29, 1.82) is 0 Å². The lowest BCUT2D eigenvalue weighted by atomic mass is 10.1. The van der Waals surface area contributed by atoms with E-state index in [-0.39, 0.29) is 10.6 Å². The van der Waals surface area contributed by atoms with Crippen molar-refractivity contribution >= 4 is 11.4 Å². The summed E-state index contributed by atoms with van der Waals surface area (Å²) in [7, 11) is 0. The number of nitro groups is 1. The Labute approximate surface area is 101 Å². The Morgan fingerprint density at radius 2 is 2.06 bits per heavy atom. The SMILES string of the molecule is CCC(CC1CC1)Nc1ccc([N+](=O)[O-])cc1. The number of rotatable bonds is 6. The van der Waals surface area contributed by atoms with Gasteiger partial charge >= 0.3 is 0 Å². The molecule has 0 heterocycles. The predicted molar refractivity (Wildman–Crippen MR) is 68.1 cm³/mol. The average Bonchev–Trinajstić information content (AvgIpc) is 3.13. The Kier molecular flexibility index (Phi) is 3.61. The summed E-state index contributed by atoms with van der Waals surface area (Å²) in [4.78, 5) is 10.2. The van der Waals surface area contributed by atoms with Crippen LogP contribution in [0.15, 0.2) is 24.3 Å². The van der Waals surface area contributed by atoms with E-state index in [2.05, 4.69) is 12.2 Å². The first-order chi connectivity index (χ1) is 8.19. The highest BCUT2D eigenvalue weighted by Crippen LogP contribution is 2.34. The first-order valence-electron chi connectivity index (χ1n) is 6.20. The molecule has 1 fully saturated rings. The van der Waals surface area contributed by atoms with Gasteiger partial charge in [0.25, 0.3) is 5.69 Å². The molecule has 0 aliphatic heterocycles. The van der Waals surface area contributed by atoms with Crippen LogP contribution in [0.3, 0.4) is 0 Å². The fraction of sp³-hybridized carbons (Fsp3) is 0.538. The van der Waals surface area contributed by atoms with Crippen LogP contribution in [0.4, 0.5) is 11.4 Å². The van der Waals surface area contributed by atoms with E-state index >= 15 is 0 Å². The highest BCUT2D eigenvalue weighted by molar-refractivity contribution is 5.49. The summed E-state index contributed by atoms with van der Waals surface area (Å²) in [5, 5.41) is 14.0. The van der Waals surface area contributed by atoms with Crippen LogP contribution in [0.1, 0.15) is 32.6 Å². The third-order valence-corrected chi connectivity index (χ3v) is 3.26. The molecule has 1 aliphatic carbocycles. The molecule has 1 N–H and O–H groups in total. The van der Waals surface area contributed by atoms with Crippen molar-refractivity contribution in [1.82, 2.24) is 0 Å². The lowest BCUT2D eigenvalue weighted by molar-refractivity contribution is -0.384. The van der Waals surface area contributed by atoms with Crippen molar-refractivity contribution in [2.75, 3.05) is 5.32 Å². The van der Waals surface area contributed by atoms with Crippen LogP contribution in [0.5, 0.6) is 0 Å². The second-order valence-corrected chi connectivity index (χ2v) is 4.73. The molecule has 92 valence electrons. The monoisotopic (exact) mass is 234 g/mol. The lowest BCUT2D eigenvalue weighted by Gasteiger charge is -2.17. The minimum Gasteiger partial charge on any atom is -0.382 e. The number of benzene rings is 1. The molecule has 1 aromatic rings. The number of anilines is 1. The molecule has 1 unspecified atom stereocenters. The summed E-state index contributed by atoms with van der Waals surface area (Å²) in [5.41, 5.74) is 1.12. The van der Waals surface area contributed by atoms with Gasteiger partial charge in [0.2, 0.25) is 0 Å². The van der Waals surface area contributed by atoms with Crippen LogP contribution >= 0.6 is 0 Å². The van der Waals surface area contributed by atoms with Gasteiger partial charge in [-0.1, -0.05) is 19.8 Å². The molecule has 4 nitrogen and oxygen atoms in total. The van der Waals surface area contributed by atoms with Gasteiger partial charge in [0.1, 0.15) is 0 Å². The van der Waals surface area contributed by atoms with Gasteiger partial charge < -0.3 is 5.32 Å². The lowest BCUT2D eigenvalue weighted by Crippen LogP contribution is -2.18. The van der Waals surface area contributed by atoms with Gasteiger partial charge in [-0.25, -0.2) is 0 Å². The number of non-ortho nitro benzene ring substituents is 1. The van der Waals surface area contributed by atoms with E-state index in [1.165, 1.54) is 19.3 Å². The van der Waals surface area contributed by atoms with Crippen LogP contribution in [0.2, 0.25) is 0 Å². The molecular formula is C13H18N2O2. The quantitative estimate of drug-likeness (QED) is 0.604. The van der Waals surface area contributed by atoms with Crippen LogP contribution in [0.25, 0.3) is 0 Å². The van der Waals surface area contributed by atoms with Crippen molar-refractivity contribution < 1.29 is 4.92 Å². The number of hydrogen-bond donors (Lipinski definition) is 1. The van der Waals surface area contributed by atoms with Crippen molar-refractivity contribution in [3.63, 3.8) is 0 Å². The molecule has 1 atom stereocenters. The van der Waals surface area contributed by atoms with Crippen molar-refractivity contribution in [3.8, 4) is 0 Å². The first-order valence-corrected chi connectivity index (χ1v) is 6.20. The Balaban J connectivity index is 1.94. The Morgan fingerprint density at radius 1 is 1.41 bits per heavy atom. The maximum atomic E-state index is 10.5. The minimum atomic E-state index is -0.370. The maximum Gasteiger partial charge on any atom is 0.269 e. The van der Waals surface area contributed by atoms with Crippen LogP contribution in [0, 0.1) is 16.0 Å². The van der Waals surface area contributed by atoms with Gasteiger partial charge in [0.15, 0.2) is 0 Å². The standard InChI is InChI=1S/C13H18N2O2/c1-2-11(9-10-3-4-10)14-12-5-7-13(8-6-12)15(16)17/h5-8,10-11,14H,2-4,9H2,1H3. The van der Waals surface area contributed by atoms with Gasteiger partial charge in [0, 0.05) is 23.9 Å². The molecule has 0 saturated heterocycles. The second kappa shape index (κ2) is 5.17. The fourth-order valence-corrected chi connectivity index (χ4v) is 2.00. The maximum absolute atomic E-state index is 10.5. The Hall–Kier alpha value is -1.58. The van der Waals surface area contributed by atoms with E-state index in [9.17, 15) is 10.1 Å². The molecule has 1 saturated carbocycles. The van der Waals surface area contributed by atoms with E-state index in [1.54, 1.807) is 24.3 Å². The average molecular weight is 234 g/mol. The molecule has 0 aromatic heterocycles. The van der Waals surface area contributed by atoms with E-state index in [0.717, 1.165) is 18.0 Å². The molecule has 4 heteroatoms. The Morgan fingerprint density at radius 3 is 2.53 bits per heavy atom. The molecule has 1 aliphatic rings. The first kappa shape index (κ1) is 11.9. The van der Waals surface area contributed by atoms with E-state index in [1.807, 2.05) is 0 Å². The van der Waals surface area contributed by atoms with Gasteiger partial charge in [-0.05, 0) is 30.9 Å². The van der Waals surface area contributed by atoms with E-state index in [0.29, 0.717) is 6.04 Å². The Bertz CT molecular complexity index is 385. The zero-order valence-corrected chi connectivity index (χ0v) is 10.1. The van der Waals surface area contributed by atoms with E-state index < -0.39 is 0 Å². The summed E-state index contributed by atoms with van der Waals surface area (Å²) < 4.78 is 0. The molecule has 1 aromatic carbocycles. The zero-order valence-electron chi connectivity index (χ0n) is 10.1. The van der Waals surface area contributed by atoms with Gasteiger partial charge in [-0.15, -0.1) is 0 Å². The molecule has 0 amide bonds. The van der Waals surface area contributed by atoms with Crippen LogP contribution < -0.4 is 5.32 Å². The number of nitrogens with one attached hydrogen (secondary N) is 1. The third-order valence-electron chi connectivity index (χ3n) is 3.26. The number of nitro benzene ring substituents is 1. The van der Waals surface area contributed by atoms with Crippen LogP contribution in [-0.4, -0.2) is 11.0 Å². The molecule has 0 bridgehead atoms. The highest BCUT2D eigenvalue weighted by atomic mass is 16.6. The summed E-state index contributed by atoms with van der Waals surface area (Å²) in [5.74, 6) is 0.894. The van der Waals surface area contributed by atoms with Crippen molar-refractivity contribution in [3.05, 3.63) is 34.4 Å². The molecular weight excluding hydrogens is 216 g/mol.